The van der Waals surface area contributed by atoms with Crippen LogP contribution in [0.25, 0.3) is 0 Å². The first-order valence-corrected chi connectivity index (χ1v) is 11.5. The number of nitrogens with zero attached hydrogens (tertiary/aromatic N) is 3. The van der Waals surface area contributed by atoms with Crippen LogP contribution in [0.15, 0.2) is 53.7 Å². The minimum absolute atomic E-state index is 0.123. The topological polar surface area (TPSA) is 59.8 Å². The SMILES string of the molecule is CCn1c(SCc2ccc(Cl)cc2Cl)nnc1[C@H](NC(=O)c1ccccc1)C(C)C. The number of nitrogens with one attached hydrogen (secondary N) is 1. The van der Waals surface area contributed by atoms with Gasteiger partial charge in [-0.05, 0) is 42.7 Å². The zero-order valence-corrected chi connectivity index (χ0v) is 19.4. The van der Waals surface area contributed by atoms with Crippen molar-refractivity contribution in [2.24, 2.45) is 5.92 Å². The predicted octanol–water partition coefficient (Wildman–Crippen LogP) is 6.02. The molecule has 0 aliphatic heterocycles. The zero-order chi connectivity index (χ0) is 21.7. The molecule has 30 heavy (non-hydrogen) atoms. The molecule has 3 rings (SSSR count). The molecule has 0 aliphatic rings. The number of halogens is 2. The van der Waals surface area contributed by atoms with Crippen molar-refractivity contribution in [1.82, 2.24) is 20.1 Å². The standard InChI is InChI=1S/C22H24Cl2N4OS/c1-4-28-20(19(14(2)3)25-21(29)15-8-6-5-7-9-15)26-27-22(28)30-13-16-10-11-17(23)12-18(16)24/h5-12,14,19H,4,13H2,1-3H3,(H,25,29)/t19-/m1/s1. The second kappa shape index (κ2) is 10.3. The molecule has 1 aromatic heterocycles. The van der Waals surface area contributed by atoms with Crippen molar-refractivity contribution in [2.45, 2.75) is 44.3 Å². The lowest BCUT2D eigenvalue weighted by Gasteiger charge is -2.22. The van der Waals surface area contributed by atoms with Crippen LogP contribution in [0.1, 0.15) is 48.6 Å². The Kier molecular flexibility index (Phi) is 7.81. The van der Waals surface area contributed by atoms with Crippen LogP contribution in [0.2, 0.25) is 10.0 Å². The maximum atomic E-state index is 12.7. The first-order valence-electron chi connectivity index (χ1n) is 9.76. The van der Waals surface area contributed by atoms with E-state index >= 15 is 0 Å². The van der Waals surface area contributed by atoms with E-state index in [1.54, 1.807) is 30.0 Å². The molecule has 158 valence electrons. The number of carbonyl (C=O) groups is 1. The van der Waals surface area contributed by atoms with E-state index in [1.165, 1.54) is 0 Å². The van der Waals surface area contributed by atoms with E-state index < -0.39 is 0 Å². The third-order valence-electron chi connectivity index (χ3n) is 4.70. The highest BCUT2D eigenvalue weighted by Crippen LogP contribution is 2.30. The number of rotatable bonds is 8. The van der Waals surface area contributed by atoms with E-state index in [0.717, 1.165) is 16.5 Å². The van der Waals surface area contributed by atoms with Crippen LogP contribution in [0, 0.1) is 5.92 Å². The van der Waals surface area contributed by atoms with Gasteiger partial charge in [-0.3, -0.25) is 4.79 Å². The minimum Gasteiger partial charge on any atom is -0.342 e. The van der Waals surface area contributed by atoms with Crippen LogP contribution >= 0.6 is 35.0 Å². The first kappa shape index (κ1) is 22.7. The Bertz CT molecular complexity index is 1010. The van der Waals surface area contributed by atoms with Crippen molar-refractivity contribution in [1.29, 1.82) is 0 Å². The zero-order valence-electron chi connectivity index (χ0n) is 17.1. The summed E-state index contributed by atoms with van der Waals surface area (Å²) in [6.45, 7) is 6.86. The smallest absolute Gasteiger partial charge is 0.251 e. The number of benzene rings is 2. The lowest BCUT2D eigenvalue weighted by Crippen LogP contribution is -2.33. The van der Waals surface area contributed by atoms with E-state index in [4.69, 9.17) is 23.2 Å². The molecule has 0 radical (unpaired) electrons. The summed E-state index contributed by atoms with van der Waals surface area (Å²) in [5.41, 5.74) is 1.61. The summed E-state index contributed by atoms with van der Waals surface area (Å²) >= 11 is 13.8. The Balaban J connectivity index is 1.80. The molecule has 0 spiro atoms. The summed E-state index contributed by atoms with van der Waals surface area (Å²) < 4.78 is 2.05. The first-order chi connectivity index (χ1) is 14.4. The van der Waals surface area contributed by atoms with Gasteiger partial charge in [-0.2, -0.15) is 0 Å². The van der Waals surface area contributed by atoms with E-state index in [9.17, 15) is 4.79 Å². The van der Waals surface area contributed by atoms with Crippen LogP contribution in [0.5, 0.6) is 0 Å². The van der Waals surface area contributed by atoms with Crippen molar-refractivity contribution < 1.29 is 4.79 Å². The molecule has 0 fully saturated rings. The normalized spacial score (nSPS) is 12.2. The molecule has 1 N–H and O–H groups in total. The highest BCUT2D eigenvalue weighted by atomic mass is 35.5. The minimum atomic E-state index is -0.251. The fourth-order valence-corrected chi connectivity index (χ4v) is 4.63. The molecule has 3 aromatic rings. The summed E-state index contributed by atoms with van der Waals surface area (Å²) in [6.07, 6.45) is 0. The fourth-order valence-electron chi connectivity index (χ4n) is 3.06. The molecule has 0 saturated heterocycles. The van der Waals surface area contributed by atoms with Gasteiger partial charge in [0.2, 0.25) is 0 Å². The lowest BCUT2D eigenvalue weighted by molar-refractivity contribution is 0.0922. The van der Waals surface area contributed by atoms with Gasteiger partial charge in [-0.1, -0.05) is 73.1 Å². The van der Waals surface area contributed by atoms with Crippen LogP contribution in [-0.4, -0.2) is 20.7 Å². The Morgan fingerprint density at radius 1 is 1.13 bits per heavy atom. The number of thioether (sulfide) groups is 1. The molecule has 2 aromatic carbocycles. The molecule has 0 saturated carbocycles. The number of aromatic nitrogens is 3. The molecule has 1 heterocycles. The Hall–Kier alpha value is -2.02. The van der Waals surface area contributed by atoms with Crippen molar-refractivity contribution in [3.05, 3.63) is 75.5 Å². The number of hydrogen-bond acceptors (Lipinski definition) is 4. The second-order valence-corrected chi connectivity index (χ2v) is 8.96. The van der Waals surface area contributed by atoms with Crippen molar-refractivity contribution in [2.75, 3.05) is 0 Å². The highest BCUT2D eigenvalue weighted by molar-refractivity contribution is 7.98. The Labute approximate surface area is 191 Å². The molecular formula is C22H24Cl2N4OS. The number of carbonyl (C=O) groups excluding carboxylic acids is 1. The van der Waals surface area contributed by atoms with Crippen LogP contribution < -0.4 is 5.32 Å². The van der Waals surface area contributed by atoms with Gasteiger partial charge in [0, 0.05) is 27.9 Å². The second-order valence-electron chi connectivity index (χ2n) is 7.17. The van der Waals surface area contributed by atoms with Gasteiger partial charge in [0.15, 0.2) is 11.0 Å². The van der Waals surface area contributed by atoms with Gasteiger partial charge in [0.05, 0.1) is 6.04 Å². The molecular weight excluding hydrogens is 439 g/mol. The Morgan fingerprint density at radius 2 is 1.87 bits per heavy atom. The van der Waals surface area contributed by atoms with Gasteiger partial charge in [-0.15, -0.1) is 10.2 Å². The molecule has 5 nitrogen and oxygen atoms in total. The summed E-state index contributed by atoms with van der Waals surface area (Å²) in [7, 11) is 0. The van der Waals surface area contributed by atoms with E-state index in [-0.39, 0.29) is 17.9 Å². The summed E-state index contributed by atoms with van der Waals surface area (Å²) in [5.74, 6) is 1.43. The number of amides is 1. The summed E-state index contributed by atoms with van der Waals surface area (Å²) in [6, 6.07) is 14.4. The van der Waals surface area contributed by atoms with Crippen LogP contribution in [-0.2, 0) is 12.3 Å². The molecule has 0 aliphatic carbocycles. The van der Waals surface area contributed by atoms with Crippen molar-refractivity contribution in [3.63, 3.8) is 0 Å². The maximum absolute atomic E-state index is 12.7. The third-order valence-corrected chi connectivity index (χ3v) is 6.30. The van der Waals surface area contributed by atoms with Gasteiger partial charge < -0.3 is 9.88 Å². The number of hydrogen-bond donors (Lipinski definition) is 1. The van der Waals surface area contributed by atoms with Gasteiger partial charge >= 0.3 is 0 Å². The van der Waals surface area contributed by atoms with Crippen LogP contribution in [0.4, 0.5) is 0 Å². The van der Waals surface area contributed by atoms with Crippen molar-refractivity contribution >= 4 is 40.9 Å². The van der Waals surface area contributed by atoms with Gasteiger partial charge in [0.25, 0.3) is 5.91 Å². The fraction of sp³-hybridized carbons (Fsp3) is 0.318. The van der Waals surface area contributed by atoms with Crippen LogP contribution in [0.3, 0.4) is 0 Å². The van der Waals surface area contributed by atoms with E-state index in [1.807, 2.05) is 41.8 Å². The quantitative estimate of drug-likeness (QED) is 0.415. The summed E-state index contributed by atoms with van der Waals surface area (Å²) in [4.78, 5) is 12.7. The maximum Gasteiger partial charge on any atom is 0.251 e. The molecule has 0 bridgehead atoms. The lowest BCUT2D eigenvalue weighted by atomic mass is 10.0. The average molecular weight is 463 g/mol. The van der Waals surface area contributed by atoms with Gasteiger partial charge in [-0.25, -0.2) is 0 Å². The monoisotopic (exact) mass is 462 g/mol. The van der Waals surface area contributed by atoms with E-state index in [2.05, 4.69) is 29.4 Å². The summed E-state index contributed by atoms with van der Waals surface area (Å²) in [5, 5.41) is 14.0. The molecule has 8 heteroatoms. The third kappa shape index (κ3) is 5.36. The Morgan fingerprint density at radius 3 is 2.50 bits per heavy atom. The average Bonchev–Trinajstić information content (AvgIpc) is 3.14. The highest BCUT2D eigenvalue weighted by Gasteiger charge is 2.26. The van der Waals surface area contributed by atoms with E-state index in [0.29, 0.717) is 27.9 Å². The molecule has 0 unspecified atom stereocenters. The largest absolute Gasteiger partial charge is 0.342 e. The predicted molar refractivity (Wildman–Crippen MR) is 123 cm³/mol. The molecule has 1 atom stereocenters. The van der Waals surface area contributed by atoms with Crippen molar-refractivity contribution in [3.8, 4) is 0 Å². The van der Waals surface area contributed by atoms with Gasteiger partial charge in [0.1, 0.15) is 0 Å². The molecule has 1 amide bonds.